The number of aryl methyl sites for hydroxylation is 1. The predicted octanol–water partition coefficient (Wildman–Crippen LogP) is 4.74. The number of hydrogen-bond acceptors (Lipinski definition) is 4. The van der Waals surface area contributed by atoms with Crippen LogP contribution in [-0.4, -0.2) is 47.0 Å². The third kappa shape index (κ3) is 4.75. The van der Waals surface area contributed by atoms with Crippen molar-refractivity contribution in [3.63, 3.8) is 0 Å². The van der Waals surface area contributed by atoms with E-state index in [0.717, 1.165) is 29.3 Å². The second-order valence-corrected chi connectivity index (χ2v) is 8.28. The molecule has 1 saturated heterocycles. The lowest BCUT2D eigenvalue weighted by atomic mass is 10.0. The van der Waals surface area contributed by atoms with Gasteiger partial charge in [0.25, 0.3) is 0 Å². The number of aromatic nitrogens is 2. The van der Waals surface area contributed by atoms with Gasteiger partial charge in [-0.3, -0.25) is 4.79 Å². The van der Waals surface area contributed by atoms with Gasteiger partial charge < -0.3 is 9.80 Å². The summed E-state index contributed by atoms with van der Waals surface area (Å²) in [5, 5.41) is 0.407. The molecule has 7 heteroatoms. The normalized spacial score (nSPS) is 15.4. The van der Waals surface area contributed by atoms with Gasteiger partial charge >= 0.3 is 0 Å². The van der Waals surface area contributed by atoms with Crippen LogP contribution in [0.1, 0.15) is 62.2 Å². The maximum Gasteiger partial charge on any atom is 0.222 e. The van der Waals surface area contributed by atoms with Gasteiger partial charge in [-0.15, -0.1) is 0 Å². The number of carbonyl (C=O) groups is 1. The largest absolute Gasteiger partial charge is 0.353 e. The van der Waals surface area contributed by atoms with Gasteiger partial charge in [0.05, 0.1) is 0 Å². The number of carbonyl (C=O) groups excluding carboxylic acids is 1. The molecule has 1 aliphatic heterocycles. The van der Waals surface area contributed by atoms with Crippen molar-refractivity contribution in [3.8, 4) is 0 Å². The molecular formula is C23H30ClFN4O. The smallest absolute Gasteiger partial charge is 0.222 e. The second-order valence-electron chi connectivity index (χ2n) is 7.88. The fourth-order valence-corrected chi connectivity index (χ4v) is 3.97. The van der Waals surface area contributed by atoms with Crippen molar-refractivity contribution in [3.05, 3.63) is 51.7 Å². The quantitative estimate of drug-likeness (QED) is 0.661. The Labute approximate surface area is 183 Å². The molecule has 2 aromatic rings. The molecule has 5 nitrogen and oxygen atoms in total. The molecular weight excluding hydrogens is 403 g/mol. The SMILES string of the molecule is CCC(=O)N1CCN(c2nc([C@@H](C)CC)nc(C)c2Cc2c(F)cccc2Cl)CC1. The zero-order valence-corrected chi connectivity index (χ0v) is 19.0. The minimum Gasteiger partial charge on any atom is -0.353 e. The lowest BCUT2D eigenvalue weighted by Crippen LogP contribution is -2.49. The van der Waals surface area contributed by atoms with E-state index >= 15 is 0 Å². The molecule has 1 amide bonds. The number of rotatable bonds is 6. The maximum atomic E-state index is 14.5. The highest BCUT2D eigenvalue weighted by atomic mass is 35.5. The Balaban J connectivity index is 1.99. The molecule has 0 aliphatic carbocycles. The van der Waals surface area contributed by atoms with Crippen LogP contribution in [0.5, 0.6) is 0 Å². The van der Waals surface area contributed by atoms with Crippen LogP contribution in [0.3, 0.4) is 0 Å². The molecule has 1 atom stereocenters. The molecule has 0 bridgehead atoms. The lowest BCUT2D eigenvalue weighted by Gasteiger charge is -2.36. The molecule has 3 rings (SSSR count). The summed E-state index contributed by atoms with van der Waals surface area (Å²) in [6.07, 6.45) is 1.79. The molecule has 30 heavy (non-hydrogen) atoms. The molecule has 0 unspecified atom stereocenters. The van der Waals surface area contributed by atoms with Gasteiger partial charge in [0.1, 0.15) is 17.5 Å². The monoisotopic (exact) mass is 432 g/mol. The standard InChI is InChI=1S/C23H30ClFN4O/c1-5-15(3)22-26-16(4)17(14-18-19(24)8-7-9-20(18)25)23(27-22)29-12-10-28(11-13-29)21(30)6-2/h7-9,15H,5-6,10-14H2,1-4H3/t15-/m0/s1. The van der Waals surface area contributed by atoms with Crippen molar-refractivity contribution >= 4 is 23.3 Å². The first-order valence-electron chi connectivity index (χ1n) is 10.7. The molecule has 0 radical (unpaired) electrons. The van der Waals surface area contributed by atoms with E-state index < -0.39 is 0 Å². The summed E-state index contributed by atoms with van der Waals surface area (Å²) in [4.78, 5) is 25.8. The van der Waals surface area contributed by atoms with Crippen LogP contribution in [0.4, 0.5) is 10.2 Å². The van der Waals surface area contributed by atoms with Crippen LogP contribution >= 0.6 is 11.6 Å². The minimum absolute atomic E-state index is 0.173. The number of piperazine rings is 1. The van der Waals surface area contributed by atoms with E-state index in [0.29, 0.717) is 49.6 Å². The Hall–Kier alpha value is -2.21. The van der Waals surface area contributed by atoms with Crippen molar-refractivity contribution in [1.29, 1.82) is 0 Å². The van der Waals surface area contributed by atoms with E-state index in [1.54, 1.807) is 12.1 Å². The second kappa shape index (κ2) is 9.73. The van der Waals surface area contributed by atoms with Gasteiger partial charge in [-0.25, -0.2) is 14.4 Å². The third-order valence-electron chi connectivity index (χ3n) is 5.91. The first-order valence-corrected chi connectivity index (χ1v) is 11.1. The predicted molar refractivity (Wildman–Crippen MR) is 119 cm³/mol. The molecule has 0 saturated carbocycles. The highest BCUT2D eigenvalue weighted by Gasteiger charge is 2.26. The summed E-state index contributed by atoms with van der Waals surface area (Å²) in [7, 11) is 0. The molecule has 0 spiro atoms. The van der Waals surface area contributed by atoms with E-state index in [2.05, 4.69) is 18.7 Å². The Morgan fingerprint density at radius 1 is 1.17 bits per heavy atom. The first kappa shape index (κ1) is 22.5. The molecule has 1 aliphatic rings. The molecule has 162 valence electrons. The van der Waals surface area contributed by atoms with Crippen molar-refractivity contribution in [2.45, 2.75) is 52.9 Å². The van der Waals surface area contributed by atoms with Gasteiger partial charge in [-0.1, -0.05) is 38.4 Å². The highest BCUT2D eigenvalue weighted by Crippen LogP contribution is 2.30. The fourth-order valence-electron chi connectivity index (χ4n) is 3.74. The van der Waals surface area contributed by atoms with Crippen LogP contribution in [0.2, 0.25) is 5.02 Å². The summed E-state index contributed by atoms with van der Waals surface area (Å²) < 4.78 is 14.5. The van der Waals surface area contributed by atoms with E-state index in [9.17, 15) is 9.18 Å². The van der Waals surface area contributed by atoms with Crippen LogP contribution in [0.25, 0.3) is 0 Å². The Morgan fingerprint density at radius 2 is 1.87 bits per heavy atom. The van der Waals surface area contributed by atoms with Gasteiger partial charge in [-0.2, -0.15) is 0 Å². The maximum absolute atomic E-state index is 14.5. The van der Waals surface area contributed by atoms with Crippen molar-refractivity contribution in [1.82, 2.24) is 14.9 Å². The van der Waals surface area contributed by atoms with Gasteiger partial charge in [-0.05, 0) is 25.5 Å². The Bertz CT molecular complexity index is 892. The van der Waals surface area contributed by atoms with Crippen LogP contribution in [-0.2, 0) is 11.2 Å². The average Bonchev–Trinajstić information content (AvgIpc) is 2.76. The molecule has 0 N–H and O–H groups in total. The Morgan fingerprint density at radius 3 is 2.47 bits per heavy atom. The third-order valence-corrected chi connectivity index (χ3v) is 6.27. The van der Waals surface area contributed by atoms with Gasteiger partial charge in [0.15, 0.2) is 0 Å². The lowest BCUT2D eigenvalue weighted by molar-refractivity contribution is -0.131. The van der Waals surface area contributed by atoms with E-state index in [4.69, 9.17) is 21.6 Å². The number of anilines is 1. The number of amides is 1. The average molecular weight is 433 g/mol. The number of hydrogen-bond donors (Lipinski definition) is 0. The highest BCUT2D eigenvalue weighted by molar-refractivity contribution is 6.31. The summed E-state index contributed by atoms with van der Waals surface area (Å²) in [5.41, 5.74) is 2.20. The van der Waals surface area contributed by atoms with Crippen LogP contribution in [0.15, 0.2) is 18.2 Å². The molecule has 2 heterocycles. The minimum atomic E-state index is -0.322. The van der Waals surface area contributed by atoms with Crippen LogP contribution < -0.4 is 4.90 Å². The number of benzene rings is 1. The van der Waals surface area contributed by atoms with Crippen molar-refractivity contribution in [2.24, 2.45) is 0 Å². The molecule has 1 aromatic carbocycles. The zero-order chi connectivity index (χ0) is 21.8. The Kier molecular flexibility index (Phi) is 7.29. The summed E-state index contributed by atoms with van der Waals surface area (Å²) in [6.45, 7) is 10.8. The molecule has 1 aromatic heterocycles. The molecule has 1 fully saturated rings. The summed E-state index contributed by atoms with van der Waals surface area (Å²) in [6, 6.07) is 4.75. The first-order chi connectivity index (χ1) is 14.3. The van der Waals surface area contributed by atoms with E-state index in [-0.39, 0.29) is 17.6 Å². The number of halogens is 2. The van der Waals surface area contributed by atoms with E-state index in [1.165, 1.54) is 6.07 Å². The van der Waals surface area contributed by atoms with Crippen LogP contribution in [0, 0.1) is 12.7 Å². The van der Waals surface area contributed by atoms with Gasteiger partial charge in [0.2, 0.25) is 5.91 Å². The topological polar surface area (TPSA) is 49.3 Å². The van der Waals surface area contributed by atoms with Crippen molar-refractivity contribution < 1.29 is 9.18 Å². The summed E-state index contributed by atoms with van der Waals surface area (Å²) in [5.74, 6) is 1.72. The van der Waals surface area contributed by atoms with Gasteiger partial charge in [0, 0.05) is 66.8 Å². The number of nitrogens with zero attached hydrogens (tertiary/aromatic N) is 4. The van der Waals surface area contributed by atoms with Crippen molar-refractivity contribution in [2.75, 3.05) is 31.1 Å². The van der Waals surface area contributed by atoms with E-state index in [1.807, 2.05) is 18.7 Å². The summed E-state index contributed by atoms with van der Waals surface area (Å²) >= 11 is 6.31. The fraction of sp³-hybridized carbons (Fsp3) is 0.522. The zero-order valence-electron chi connectivity index (χ0n) is 18.2.